The van der Waals surface area contributed by atoms with Gasteiger partial charge in [0, 0.05) is 117 Å². The van der Waals surface area contributed by atoms with Crippen molar-refractivity contribution in [2.24, 2.45) is 0 Å². The Kier molecular flexibility index (Phi) is 17.0. The number of hydrogen-bond donors (Lipinski definition) is 0. The van der Waals surface area contributed by atoms with E-state index in [1.54, 1.807) is 0 Å². The van der Waals surface area contributed by atoms with Gasteiger partial charge in [-0.05, 0) is 30.3 Å². The zero-order valence-corrected chi connectivity index (χ0v) is 47.4. The van der Waals surface area contributed by atoms with E-state index in [1.807, 2.05) is 0 Å². The van der Waals surface area contributed by atoms with E-state index in [1.165, 1.54) is 30.3 Å². The molecule has 0 fully saturated rings. The van der Waals surface area contributed by atoms with Gasteiger partial charge in [-0.3, -0.25) is 9.59 Å². The molecule has 0 N–H and O–H groups in total. The molecule has 8 aromatic carbocycles. The van der Waals surface area contributed by atoms with E-state index in [9.17, 15) is 73.8 Å². The predicted octanol–water partition coefficient (Wildman–Crippen LogP) is -3.47. The molecule has 0 aliphatic carbocycles. The molecule has 0 saturated heterocycles. The molecule has 19 nitrogen and oxygen atoms in total. The Labute approximate surface area is 459 Å². The number of rotatable bonds is 8. The van der Waals surface area contributed by atoms with Gasteiger partial charge >= 0.3 is 101 Å². The summed E-state index contributed by atoms with van der Waals surface area (Å²) in [6.07, 6.45) is 0. The van der Waals surface area contributed by atoms with E-state index in [0.717, 1.165) is 50.2 Å². The van der Waals surface area contributed by atoms with Gasteiger partial charge in [-0.25, -0.2) is 50.5 Å². The van der Waals surface area contributed by atoms with Crippen molar-refractivity contribution in [3.8, 4) is 11.5 Å². The smallest absolute Gasteiger partial charge is 0.744 e. The summed E-state index contributed by atoms with van der Waals surface area (Å²) in [5.41, 5.74) is 0. The Morgan fingerprint density at radius 1 is 0.373 bits per heavy atom. The van der Waals surface area contributed by atoms with Crippen LogP contribution in [0.4, 0.5) is 0 Å². The summed E-state index contributed by atoms with van der Waals surface area (Å²) in [6.45, 7) is 2.11. The predicted molar refractivity (Wildman–Crippen MR) is 226 cm³/mol. The summed E-state index contributed by atoms with van der Waals surface area (Å²) >= 11 is 0. The first-order valence-corrected chi connectivity index (χ1v) is 28.0. The molecule has 0 aliphatic heterocycles. The monoisotopic (exact) mass is 1120 g/mol. The Hall–Kier alpha value is -1.77. The van der Waals surface area contributed by atoms with Gasteiger partial charge in [0.2, 0.25) is 0 Å². The van der Waals surface area contributed by atoms with Crippen LogP contribution in [-0.2, 0) is 67.1 Å². The fourth-order valence-electron chi connectivity index (χ4n) is 7.44. The minimum absolute atomic E-state index is 0. The molecule has 0 aliphatic rings. The molecule has 8 rings (SSSR count). The molecule has 0 radical (unpaired) electrons. The SMILES string of the molecule is CC(=O)Oc1cc(S(=O)(=O)Cl)c2ccc3c(S(=O)(=O)Cl)cc(S(=O)(=O)Cl)c4ccc1c2c43.CC(=O)Oc1cc(S(=O)(=O)[O-])c2ccc3c(S(=O)(=O)[O-])cc(S(=O)(=O)[O-])c4ccc1c2c43.[Na+].[Na+].[Na+]. The molecular formula is C36H18Cl3Na3O19S6. The van der Waals surface area contributed by atoms with Gasteiger partial charge in [-0.2, -0.15) is 0 Å². The van der Waals surface area contributed by atoms with Crippen LogP contribution in [0, 0.1) is 0 Å². The van der Waals surface area contributed by atoms with Crippen molar-refractivity contribution in [2.75, 3.05) is 0 Å². The van der Waals surface area contributed by atoms with Crippen molar-refractivity contribution in [3.63, 3.8) is 0 Å². The Balaban J connectivity index is 0.000000280. The number of halogens is 3. The second kappa shape index (κ2) is 19.7. The van der Waals surface area contributed by atoms with Crippen LogP contribution in [0.2, 0.25) is 0 Å². The molecule has 67 heavy (non-hydrogen) atoms. The minimum atomic E-state index is -5.30. The molecule has 0 aromatic heterocycles. The quantitative estimate of drug-likeness (QED) is 0.0356. The third kappa shape index (κ3) is 11.0. The molecular weight excluding hydrogens is 1100 g/mol. The largest absolute Gasteiger partial charge is 1.00 e. The molecule has 0 heterocycles. The summed E-state index contributed by atoms with van der Waals surface area (Å²) < 4.78 is 190. The summed E-state index contributed by atoms with van der Waals surface area (Å²) in [4.78, 5) is 18.7. The van der Waals surface area contributed by atoms with Gasteiger partial charge < -0.3 is 23.1 Å². The Morgan fingerprint density at radius 3 is 0.821 bits per heavy atom. The van der Waals surface area contributed by atoms with Gasteiger partial charge in [0.25, 0.3) is 27.2 Å². The van der Waals surface area contributed by atoms with E-state index < -0.39 is 98.8 Å². The van der Waals surface area contributed by atoms with E-state index in [2.05, 4.69) is 0 Å². The van der Waals surface area contributed by atoms with Crippen LogP contribution in [0.3, 0.4) is 0 Å². The van der Waals surface area contributed by atoms with E-state index >= 15 is 0 Å². The van der Waals surface area contributed by atoms with Crippen molar-refractivity contribution in [3.05, 3.63) is 72.8 Å². The fraction of sp³-hybridized carbons (Fsp3) is 0.0556. The van der Waals surface area contributed by atoms with Crippen LogP contribution in [0.25, 0.3) is 64.6 Å². The maximum atomic E-state index is 12.3. The summed E-state index contributed by atoms with van der Waals surface area (Å²) in [6, 6.07) is 12.9. The van der Waals surface area contributed by atoms with Gasteiger partial charge in [-0.1, -0.05) is 36.4 Å². The van der Waals surface area contributed by atoms with Gasteiger partial charge in [0.1, 0.15) is 41.9 Å². The number of hydrogen-bond acceptors (Lipinski definition) is 19. The summed E-state index contributed by atoms with van der Waals surface area (Å²) in [7, 11) is -12.3. The first-order valence-electron chi connectivity index (χ1n) is 16.9. The average molecular weight is 1120 g/mol. The molecule has 31 heteroatoms. The summed E-state index contributed by atoms with van der Waals surface area (Å²) in [5, 5.41) is -0.902. The minimum Gasteiger partial charge on any atom is -0.744 e. The number of carbonyl (C=O) groups excluding carboxylic acids is 2. The first kappa shape index (κ1) is 57.8. The molecule has 0 atom stereocenters. The van der Waals surface area contributed by atoms with Crippen LogP contribution in [0.5, 0.6) is 11.5 Å². The maximum Gasteiger partial charge on any atom is 1.00 e. The first-order chi connectivity index (χ1) is 29.2. The topological polar surface area (TPSA) is 327 Å². The standard InChI is InChI=1S/C18H9Cl3O8S3.C18H12O11S3.3Na/c1-8(22)29-13-6-14(30(19,23)24)10-4-5-12-16(32(21,27)28)7-15(31(20,25)26)11-3-2-9(13)17(10)18(11)12;1-8(19)29-13-6-14(30(20,21)22)10-4-5-12-16(32(26,27)28)7-15(31(23,24)25)11-3-2-9(13)17(10)18(11)12;;;/h2-7H,1H3;2-7H,1H3,(H,20,21,22)(H,23,24,25)(H,26,27,28);;;/q;;3*+1/p-3. The van der Waals surface area contributed by atoms with Crippen molar-refractivity contribution in [1.29, 1.82) is 0 Å². The van der Waals surface area contributed by atoms with Crippen molar-refractivity contribution < 1.29 is 172 Å². The molecule has 0 bridgehead atoms. The van der Waals surface area contributed by atoms with Crippen LogP contribution in [0.1, 0.15) is 13.8 Å². The third-order valence-electron chi connectivity index (χ3n) is 9.60. The zero-order chi connectivity index (χ0) is 47.6. The Bertz CT molecular complexity index is 3770. The number of carbonyl (C=O) groups is 2. The van der Waals surface area contributed by atoms with Crippen molar-refractivity contribution >= 4 is 166 Å². The molecule has 336 valence electrons. The Morgan fingerprint density at radius 2 is 0.567 bits per heavy atom. The van der Waals surface area contributed by atoms with Crippen molar-refractivity contribution in [1.82, 2.24) is 0 Å². The number of ether oxygens (including phenoxy) is 2. The normalized spacial score (nSPS) is 12.7. The van der Waals surface area contributed by atoms with Gasteiger partial charge in [-0.15, -0.1) is 0 Å². The van der Waals surface area contributed by atoms with Crippen LogP contribution >= 0.6 is 32.0 Å². The molecule has 8 aromatic rings. The number of benzene rings is 8. The molecule has 0 amide bonds. The molecule has 0 saturated carbocycles. The van der Waals surface area contributed by atoms with E-state index in [0.29, 0.717) is 6.07 Å². The van der Waals surface area contributed by atoms with Gasteiger partial charge in [0.05, 0.1) is 29.4 Å². The molecule has 0 unspecified atom stereocenters. The van der Waals surface area contributed by atoms with E-state index in [4.69, 9.17) is 41.5 Å². The van der Waals surface area contributed by atoms with Crippen molar-refractivity contribution in [2.45, 2.75) is 43.2 Å². The van der Waals surface area contributed by atoms with Crippen LogP contribution in [-0.4, -0.2) is 76.1 Å². The second-order valence-electron chi connectivity index (χ2n) is 13.5. The molecule has 0 spiro atoms. The van der Waals surface area contributed by atoms with Gasteiger partial charge in [0.15, 0.2) is 0 Å². The fourth-order valence-corrected chi connectivity index (χ4v) is 12.9. The number of esters is 2. The second-order valence-corrected chi connectivity index (χ2v) is 25.1. The van der Waals surface area contributed by atoms with Crippen LogP contribution < -0.4 is 98.1 Å². The van der Waals surface area contributed by atoms with Crippen LogP contribution in [0.15, 0.2) is 102 Å². The maximum absolute atomic E-state index is 12.3. The summed E-state index contributed by atoms with van der Waals surface area (Å²) in [5.74, 6) is -2.19. The van der Waals surface area contributed by atoms with E-state index in [-0.39, 0.29) is 165 Å². The zero-order valence-electron chi connectivity index (χ0n) is 34.3. The third-order valence-corrected chi connectivity index (χ3v) is 16.3. The average Bonchev–Trinajstić information content (AvgIpc) is 3.13.